The van der Waals surface area contributed by atoms with Crippen LogP contribution in [-0.4, -0.2) is 12.8 Å². The fourth-order valence-corrected chi connectivity index (χ4v) is 4.60. The van der Waals surface area contributed by atoms with E-state index < -0.39 is 0 Å². The van der Waals surface area contributed by atoms with Gasteiger partial charge in [-0.05, 0) is 83.0 Å². The van der Waals surface area contributed by atoms with Gasteiger partial charge < -0.3 is 9.47 Å². The third-order valence-corrected chi connectivity index (χ3v) is 6.51. The molecule has 5 heteroatoms. The van der Waals surface area contributed by atoms with E-state index in [2.05, 4.69) is 15.9 Å². The van der Waals surface area contributed by atoms with Crippen LogP contribution in [0.5, 0.6) is 11.5 Å². The highest BCUT2D eigenvalue weighted by atomic mass is 79.9. The van der Waals surface area contributed by atoms with Crippen LogP contribution >= 0.6 is 15.9 Å². The molecule has 0 N–H and O–H groups in total. The zero-order chi connectivity index (χ0) is 24.2. The number of nitrogens with zero attached hydrogens (tertiary/aromatic N) is 1. The number of halogens is 2. The summed E-state index contributed by atoms with van der Waals surface area (Å²) in [4.78, 5) is 4.81. The van der Waals surface area contributed by atoms with Gasteiger partial charge in [0.1, 0.15) is 23.1 Å². The van der Waals surface area contributed by atoms with E-state index in [1.807, 2.05) is 98.1 Å². The summed E-state index contributed by atoms with van der Waals surface area (Å²) >= 11 is 3.58. The summed E-state index contributed by atoms with van der Waals surface area (Å²) in [6, 6.07) is 30.2. The predicted octanol–water partition coefficient (Wildman–Crippen LogP) is 8.33. The molecule has 0 unspecified atom stereocenters. The SMILES string of the molecule is CCOc1ccc(C2=C(C=Nc3ccccc3Br)[C@@H](c3ccc(F)cc3)c3ccccc3O2)cc1. The number of rotatable bonds is 6. The Morgan fingerprint density at radius 3 is 2.37 bits per heavy atom. The van der Waals surface area contributed by atoms with Gasteiger partial charge in [-0.1, -0.05) is 42.5 Å². The molecule has 1 aliphatic heterocycles. The topological polar surface area (TPSA) is 30.8 Å². The second-order valence-electron chi connectivity index (χ2n) is 8.08. The number of benzene rings is 4. The largest absolute Gasteiger partial charge is 0.494 e. The normalized spacial score (nSPS) is 15.1. The van der Waals surface area contributed by atoms with Crippen LogP contribution in [0.25, 0.3) is 5.76 Å². The zero-order valence-electron chi connectivity index (χ0n) is 19.1. The molecule has 0 saturated carbocycles. The minimum Gasteiger partial charge on any atom is -0.494 e. The van der Waals surface area contributed by atoms with E-state index in [1.165, 1.54) is 12.1 Å². The third kappa shape index (κ3) is 4.91. The maximum Gasteiger partial charge on any atom is 0.140 e. The van der Waals surface area contributed by atoms with E-state index in [1.54, 1.807) is 0 Å². The van der Waals surface area contributed by atoms with Gasteiger partial charge in [0.25, 0.3) is 0 Å². The van der Waals surface area contributed by atoms with Gasteiger partial charge in [-0.3, -0.25) is 4.99 Å². The van der Waals surface area contributed by atoms with Crippen LogP contribution in [0.3, 0.4) is 0 Å². The van der Waals surface area contributed by atoms with E-state index in [9.17, 15) is 4.39 Å². The highest BCUT2D eigenvalue weighted by Crippen LogP contribution is 2.45. The van der Waals surface area contributed by atoms with Crippen molar-refractivity contribution in [3.8, 4) is 11.5 Å². The second kappa shape index (κ2) is 10.3. The van der Waals surface area contributed by atoms with Crippen LogP contribution in [0.1, 0.15) is 29.5 Å². The first kappa shape index (κ1) is 23.1. The van der Waals surface area contributed by atoms with Crippen LogP contribution in [0.4, 0.5) is 10.1 Å². The van der Waals surface area contributed by atoms with Crippen molar-refractivity contribution >= 4 is 33.6 Å². The molecule has 174 valence electrons. The van der Waals surface area contributed by atoms with Crippen molar-refractivity contribution in [3.63, 3.8) is 0 Å². The molecule has 0 fully saturated rings. The predicted molar refractivity (Wildman–Crippen MR) is 142 cm³/mol. The molecule has 0 bridgehead atoms. The second-order valence-corrected chi connectivity index (χ2v) is 8.93. The van der Waals surface area contributed by atoms with Gasteiger partial charge in [0.15, 0.2) is 0 Å². The lowest BCUT2D eigenvalue weighted by Gasteiger charge is -2.30. The Labute approximate surface area is 212 Å². The number of ether oxygens (including phenoxy) is 2. The third-order valence-electron chi connectivity index (χ3n) is 5.84. The van der Waals surface area contributed by atoms with Crippen LogP contribution < -0.4 is 9.47 Å². The highest BCUT2D eigenvalue weighted by molar-refractivity contribution is 9.10. The van der Waals surface area contributed by atoms with Gasteiger partial charge in [0, 0.05) is 33.3 Å². The molecule has 1 aliphatic rings. The van der Waals surface area contributed by atoms with Crippen molar-refractivity contribution in [1.29, 1.82) is 0 Å². The maximum atomic E-state index is 13.8. The molecule has 4 aromatic carbocycles. The van der Waals surface area contributed by atoms with E-state index in [0.29, 0.717) is 12.4 Å². The monoisotopic (exact) mass is 527 g/mol. The molecule has 3 nitrogen and oxygen atoms in total. The van der Waals surface area contributed by atoms with E-state index in [0.717, 1.165) is 43.9 Å². The number of aliphatic imine (C=N–C) groups is 1. The van der Waals surface area contributed by atoms with Crippen LogP contribution in [0.2, 0.25) is 0 Å². The molecule has 0 aromatic heterocycles. The quantitative estimate of drug-likeness (QED) is 0.236. The van der Waals surface area contributed by atoms with Gasteiger partial charge in [0.05, 0.1) is 12.3 Å². The van der Waals surface area contributed by atoms with Crippen molar-refractivity contribution < 1.29 is 13.9 Å². The molecule has 0 aliphatic carbocycles. The molecular weight excluding hydrogens is 505 g/mol. The average Bonchev–Trinajstić information content (AvgIpc) is 2.89. The fourth-order valence-electron chi connectivity index (χ4n) is 4.22. The standard InChI is InChI=1S/C30H23BrFNO2/c1-2-34-23-17-13-21(14-18-23)30-25(19-33-27-9-5-4-8-26(27)31)29(20-11-15-22(32)16-12-20)24-7-3-6-10-28(24)35-30/h3-19,29H,2H2,1H3/t29-/m0/s1. The molecule has 0 amide bonds. The first-order valence-corrected chi connectivity index (χ1v) is 12.2. The van der Waals surface area contributed by atoms with E-state index >= 15 is 0 Å². The van der Waals surface area contributed by atoms with Crippen LogP contribution in [0, 0.1) is 5.82 Å². The Hall–Kier alpha value is -3.70. The number of allylic oxidation sites excluding steroid dienone is 1. The van der Waals surface area contributed by atoms with Gasteiger partial charge >= 0.3 is 0 Å². The van der Waals surface area contributed by atoms with E-state index in [-0.39, 0.29) is 11.7 Å². The van der Waals surface area contributed by atoms with Crippen LogP contribution in [-0.2, 0) is 0 Å². The number of fused-ring (bicyclic) bond motifs is 1. The lowest BCUT2D eigenvalue weighted by molar-refractivity contribution is 0.340. The molecule has 0 saturated heterocycles. The molecule has 0 radical (unpaired) electrons. The molecule has 1 atom stereocenters. The summed E-state index contributed by atoms with van der Waals surface area (Å²) in [6.07, 6.45) is 1.86. The molecule has 1 heterocycles. The summed E-state index contributed by atoms with van der Waals surface area (Å²) in [5.74, 6) is 1.81. The maximum absolute atomic E-state index is 13.8. The Kier molecular flexibility index (Phi) is 6.77. The molecule has 4 aromatic rings. The zero-order valence-corrected chi connectivity index (χ0v) is 20.7. The van der Waals surface area contributed by atoms with Gasteiger partial charge in [-0.15, -0.1) is 0 Å². The molecule has 35 heavy (non-hydrogen) atoms. The van der Waals surface area contributed by atoms with Gasteiger partial charge in [-0.25, -0.2) is 4.39 Å². The summed E-state index contributed by atoms with van der Waals surface area (Å²) in [7, 11) is 0. The van der Waals surface area contributed by atoms with Crippen LogP contribution in [0.15, 0.2) is 112 Å². The molecule has 0 spiro atoms. The average molecular weight is 528 g/mol. The highest BCUT2D eigenvalue weighted by Gasteiger charge is 2.31. The Morgan fingerprint density at radius 1 is 0.914 bits per heavy atom. The number of hydrogen-bond acceptors (Lipinski definition) is 3. The molecular formula is C30H23BrFNO2. The van der Waals surface area contributed by atoms with Crippen molar-refractivity contribution in [2.45, 2.75) is 12.8 Å². The minimum absolute atomic E-state index is 0.187. The minimum atomic E-state index is -0.270. The van der Waals surface area contributed by atoms with Crippen molar-refractivity contribution in [1.82, 2.24) is 0 Å². The van der Waals surface area contributed by atoms with Crippen molar-refractivity contribution in [2.24, 2.45) is 4.99 Å². The molecule has 5 rings (SSSR count). The summed E-state index contributed by atoms with van der Waals surface area (Å²) in [5.41, 5.74) is 4.56. The van der Waals surface area contributed by atoms with Gasteiger partial charge in [-0.2, -0.15) is 0 Å². The lowest BCUT2D eigenvalue weighted by Crippen LogP contribution is -2.17. The summed E-state index contributed by atoms with van der Waals surface area (Å²) < 4.78 is 26.8. The Morgan fingerprint density at radius 2 is 1.63 bits per heavy atom. The summed E-state index contributed by atoms with van der Waals surface area (Å²) in [6.45, 7) is 2.56. The van der Waals surface area contributed by atoms with Gasteiger partial charge in [0.2, 0.25) is 0 Å². The summed E-state index contributed by atoms with van der Waals surface area (Å²) in [5, 5.41) is 0. The lowest BCUT2D eigenvalue weighted by atomic mass is 9.81. The smallest absolute Gasteiger partial charge is 0.140 e. The Balaban J connectivity index is 1.71. The van der Waals surface area contributed by atoms with Crippen molar-refractivity contribution in [2.75, 3.05) is 6.61 Å². The Bertz CT molecular complexity index is 1390. The first-order chi connectivity index (χ1) is 17.1. The van der Waals surface area contributed by atoms with E-state index in [4.69, 9.17) is 14.5 Å². The van der Waals surface area contributed by atoms with Crippen molar-refractivity contribution in [3.05, 3.63) is 130 Å². The first-order valence-electron chi connectivity index (χ1n) is 11.4. The number of para-hydroxylation sites is 2. The fraction of sp³-hybridized carbons (Fsp3) is 0.100. The number of hydrogen-bond donors (Lipinski definition) is 0.